The lowest BCUT2D eigenvalue weighted by molar-refractivity contribution is -0.137. The number of rotatable bonds is 6. The third-order valence-electron chi connectivity index (χ3n) is 7.12. The van der Waals surface area contributed by atoms with Gasteiger partial charge >= 0.3 is 6.18 Å². The number of nitrogens with zero attached hydrogens (tertiary/aromatic N) is 2. The first-order valence-corrected chi connectivity index (χ1v) is 12.4. The summed E-state index contributed by atoms with van der Waals surface area (Å²) in [6.07, 6.45) is -0.350. The number of carbonyl (C=O) groups excluding carboxylic acids is 1. The van der Waals surface area contributed by atoms with Gasteiger partial charge in [0.15, 0.2) is 0 Å². The molecule has 0 N–H and O–H groups in total. The van der Waals surface area contributed by atoms with Crippen molar-refractivity contribution in [3.63, 3.8) is 0 Å². The Morgan fingerprint density at radius 2 is 1.67 bits per heavy atom. The van der Waals surface area contributed by atoms with E-state index in [1.165, 1.54) is 17.7 Å². The highest BCUT2D eigenvalue weighted by Crippen LogP contribution is 2.38. The van der Waals surface area contributed by atoms with Crippen LogP contribution in [0, 0.1) is 6.92 Å². The second-order valence-electron chi connectivity index (χ2n) is 9.68. The van der Waals surface area contributed by atoms with E-state index in [9.17, 15) is 18.0 Å². The van der Waals surface area contributed by atoms with Crippen LogP contribution in [0.5, 0.6) is 0 Å². The highest BCUT2D eigenvalue weighted by molar-refractivity contribution is 5.87. The van der Waals surface area contributed by atoms with Crippen LogP contribution >= 0.6 is 0 Å². The summed E-state index contributed by atoms with van der Waals surface area (Å²) >= 11 is 0. The van der Waals surface area contributed by atoms with Gasteiger partial charge in [-0.2, -0.15) is 13.2 Å². The molecule has 3 nitrogen and oxygen atoms in total. The molecule has 0 unspecified atom stereocenters. The monoisotopic (exact) mass is 490 g/mol. The Bertz CT molecular complexity index is 1370. The van der Waals surface area contributed by atoms with E-state index in [0.717, 1.165) is 40.9 Å². The Morgan fingerprint density at radius 3 is 2.39 bits per heavy atom. The molecule has 2 heterocycles. The average molecular weight is 491 g/mol. The first-order valence-electron chi connectivity index (χ1n) is 12.4. The van der Waals surface area contributed by atoms with Crippen molar-refractivity contribution in [2.45, 2.75) is 44.8 Å². The van der Waals surface area contributed by atoms with Gasteiger partial charge in [-0.15, -0.1) is 0 Å². The zero-order valence-corrected chi connectivity index (χ0v) is 20.3. The molecule has 6 heteroatoms. The van der Waals surface area contributed by atoms with Crippen molar-refractivity contribution in [3.8, 4) is 0 Å². The van der Waals surface area contributed by atoms with Crippen molar-refractivity contribution in [2.75, 3.05) is 13.1 Å². The highest BCUT2D eigenvalue weighted by atomic mass is 19.4. The van der Waals surface area contributed by atoms with Gasteiger partial charge in [-0.1, -0.05) is 66.2 Å². The molecule has 5 rings (SSSR count). The minimum absolute atomic E-state index is 0.00900. The number of fused-ring (bicyclic) bond motifs is 1. The fourth-order valence-corrected chi connectivity index (χ4v) is 5.18. The summed E-state index contributed by atoms with van der Waals surface area (Å²) in [7, 11) is 0. The summed E-state index contributed by atoms with van der Waals surface area (Å²) in [4.78, 5) is 15.1. The van der Waals surface area contributed by atoms with Crippen LogP contribution in [0.1, 0.15) is 53.0 Å². The van der Waals surface area contributed by atoms with Crippen molar-refractivity contribution in [1.29, 1.82) is 0 Å². The molecule has 1 atom stereocenters. The molecule has 36 heavy (non-hydrogen) atoms. The van der Waals surface area contributed by atoms with Gasteiger partial charge in [0.25, 0.3) is 0 Å². The minimum Gasteiger partial charge on any atom is -0.343 e. The summed E-state index contributed by atoms with van der Waals surface area (Å²) < 4.78 is 42.9. The third-order valence-corrected chi connectivity index (χ3v) is 7.12. The van der Waals surface area contributed by atoms with Crippen molar-refractivity contribution < 1.29 is 18.0 Å². The fourth-order valence-electron chi connectivity index (χ4n) is 5.18. The largest absolute Gasteiger partial charge is 0.416 e. The van der Waals surface area contributed by atoms with Gasteiger partial charge in [0.05, 0.1) is 5.56 Å². The Balaban J connectivity index is 1.60. The molecule has 1 aliphatic rings. The number of likely N-dealkylation sites (tertiary alicyclic amines) is 1. The first kappa shape index (κ1) is 24.2. The molecule has 1 fully saturated rings. The van der Waals surface area contributed by atoms with E-state index in [2.05, 4.69) is 28.8 Å². The second kappa shape index (κ2) is 9.84. The fraction of sp³-hybridized carbons (Fsp3) is 0.300. The molecule has 1 aromatic heterocycles. The van der Waals surface area contributed by atoms with Gasteiger partial charge in [-0.3, -0.25) is 4.79 Å². The molecule has 186 valence electrons. The molecule has 1 amide bonds. The third kappa shape index (κ3) is 5.03. The maximum Gasteiger partial charge on any atom is 0.416 e. The maximum absolute atomic E-state index is 13.6. The van der Waals surface area contributed by atoms with E-state index in [4.69, 9.17) is 0 Å². The lowest BCUT2D eigenvalue weighted by Crippen LogP contribution is -2.29. The normalized spacial score (nSPS) is 14.9. The predicted molar refractivity (Wildman–Crippen MR) is 136 cm³/mol. The van der Waals surface area contributed by atoms with E-state index in [1.54, 1.807) is 6.07 Å². The van der Waals surface area contributed by atoms with E-state index in [1.807, 2.05) is 42.3 Å². The van der Waals surface area contributed by atoms with Gasteiger partial charge in [0, 0.05) is 49.1 Å². The van der Waals surface area contributed by atoms with Gasteiger partial charge in [0.1, 0.15) is 0 Å². The van der Waals surface area contributed by atoms with Crippen LogP contribution < -0.4 is 0 Å². The smallest absolute Gasteiger partial charge is 0.343 e. The highest BCUT2D eigenvalue weighted by Gasteiger charge is 2.32. The molecule has 0 saturated carbocycles. The lowest BCUT2D eigenvalue weighted by Gasteiger charge is -2.22. The first-order chi connectivity index (χ1) is 17.3. The van der Waals surface area contributed by atoms with Crippen LogP contribution in [-0.4, -0.2) is 28.5 Å². The number of carbonyl (C=O) groups is 1. The summed E-state index contributed by atoms with van der Waals surface area (Å²) in [6, 6.07) is 21.7. The molecular formula is C30H29F3N2O. The number of alkyl halides is 3. The number of hydrogen-bond donors (Lipinski definition) is 0. The number of benzene rings is 3. The SMILES string of the molecule is Cc1ccc(Cn2cc([C@H](CC(=O)N3CCCC3)c3cccc(C(F)(F)F)c3)c3ccccc32)cc1. The molecule has 0 spiro atoms. The molecule has 1 aliphatic heterocycles. The second-order valence-corrected chi connectivity index (χ2v) is 9.68. The molecular weight excluding hydrogens is 461 g/mol. The molecule has 1 saturated heterocycles. The van der Waals surface area contributed by atoms with Gasteiger partial charge < -0.3 is 9.47 Å². The van der Waals surface area contributed by atoms with Crippen LogP contribution in [0.3, 0.4) is 0 Å². The topological polar surface area (TPSA) is 25.2 Å². The van der Waals surface area contributed by atoms with Crippen molar-refractivity contribution in [1.82, 2.24) is 9.47 Å². The van der Waals surface area contributed by atoms with E-state index in [0.29, 0.717) is 25.2 Å². The van der Waals surface area contributed by atoms with Crippen molar-refractivity contribution in [3.05, 3.63) is 107 Å². The maximum atomic E-state index is 13.6. The zero-order valence-electron chi connectivity index (χ0n) is 20.3. The quantitative estimate of drug-likeness (QED) is 0.281. The Kier molecular flexibility index (Phi) is 6.61. The summed E-state index contributed by atoms with van der Waals surface area (Å²) in [5.41, 5.74) is 4.01. The lowest BCUT2D eigenvalue weighted by atomic mass is 9.87. The van der Waals surface area contributed by atoms with Crippen LogP contribution in [-0.2, 0) is 17.5 Å². The van der Waals surface area contributed by atoms with Gasteiger partial charge in [-0.25, -0.2) is 0 Å². The average Bonchev–Trinajstić information content (AvgIpc) is 3.53. The standard InChI is InChI=1S/C30H29F3N2O/c1-21-11-13-22(14-12-21)19-35-20-27(25-9-2-3-10-28(25)35)26(18-29(36)34-15-4-5-16-34)23-7-6-8-24(17-23)30(31,32)33/h2-3,6-14,17,20,26H,4-5,15-16,18-19H2,1H3/t26-/m1/s1. The summed E-state index contributed by atoms with van der Waals surface area (Å²) in [5.74, 6) is -0.491. The van der Waals surface area contributed by atoms with Crippen molar-refractivity contribution >= 4 is 16.8 Å². The van der Waals surface area contributed by atoms with Crippen LogP contribution in [0.4, 0.5) is 13.2 Å². The molecule has 0 radical (unpaired) electrons. The molecule has 0 aliphatic carbocycles. The number of halogens is 3. The van der Waals surface area contributed by atoms with Crippen LogP contribution in [0.25, 0.3) is 10.9 Å². The van der Waals surface area contributed by atoms with Crippen molar-refractivity contribution in [2.24, 2.45) is 0 Å². The predicted octanol–water partition coefficient (Wildman–Crippen LogP) is 7.16. The minimum atomic E-state index is -4.45. The zero-order chi connectivity index (χ0) is 25.3. The molecule has 4 aromatic rings. The Labute approximate surface area is 209 Å². The number of aryl methyl sites for hydroxylation is 1. The van der Waals surface area contributed by atoms with E-state index >= 15 is 0 Å². The van der Waals surface area contributed by atoms with Gasteiger partial charge in [-0.05, 0) is 48.6 Å². The molecule has 3 aromatic carbocycles. The Morgan fingerprint density at radius 1 is 0.944 bits per heavy atom. The number of aromatic nitrogens is 1. The van der Waals surface area contributed by atoms with E-state index in [-0.39, 0.29) is 12.3 Å². The summed E-state index contributed by atoms with van der Waals surface area (Å²) in [6.45, 7) is 4.10. The van der Waals surface area contributed by atoms with Gasteiger partial charge in [0.2, 0.25) is 5.91 Å². The van der Waals surface area contributed by atoms with E-state index < -0.39 is 17.7 Å². The number of para-hydroxylation sites is 1. The van der Waals surface area contributed by atoms with Crippen LogP contribution in [0.15, 0.2) is 79.0 Å². The van der Waals surface area contributed by atoms with Crippen LogP contribution in [0.2, 0.25) is 0 Å². The molecule has 0 bridgehead atoms. The Hall–Kier alpha value is -3.54. The number of amides is 1. The number of hydrogen-bond acceptors (Lipinski definition) is 1. The summed E-state index contributed by atoms with van der Waals surface area (Å²) in [5, 5.41) is 0.959.